The lowest BCUT2D eigenvalue weighted by Gasteiger charge is -2.24. The molecule has 78 valence electrons. The number of hydrogen-bond acceptors (Lipinski definition) is 2. The van der Waals surface area contributed by atoms with Gasteiger partial charge >= 0.3 is 0 Å². The van der Waals surface area contributed by atoms with Gasteiger partial charge in [-0.05, 0) is 38.3 Å². The second-order valence-corrected chi connectivity index (χ2v) is 5.12. The van der Waals surface area contributed by atoms with Crippen LogP contribution < -0.4 is 5.32 Å². The van der Waals surface area contributed by atoms with E-state index in [1.807, 2.05) is 0 Å². The minimum atomic E-state index is 0.623. The normalized spacial score (nSPS) is 19.8. The van der Waals surface area contributed by atoms with E-state index in [2.05, 4.69) is 38.2 Å². The standard InChI is InChI=1S/C11H24N2/c1-10(2)7-13(4)9-11(5-6-11)8-12-3/h10,12H,5-9H2,1-4H3. The number of nitrogens with zero attached hydrogens (tertiary/aromatic N) is 1. The van der Waals surface area contributed by atoms with Gasteiger partial charge in [0.05, 0.1) is 0 Å². The minimum Gasteiger partial charge on any atom is -0.319 e. The predicted molar refractivity (Wildman–Crippen MR) is 57.9 cm³/mol. The molecule has 0 aromatic rings. The molecule has 0 heterocycles. The first-order chi connectivity index (χ1) is 6.08. The lowest BCUT2D eigenvalue weighted by Crippen LogP contribution is -2.34. The van der Waals surface area contributed by atoms with Crippen molar-refractivity contribution in [2.75, 3.05) is 33.7 Å². The highest BCUT2D eigenvalue weighted by Gasteiger charge is 2.42. The Kier molecular flexibility index (Phi) is 3.74. The van der Waals surface area contributed by atoms with Crippen LogP contribution in [0.15, 0.2) is 0 Å². The highest BCUT2D eigenvalue weighted by molar-refractivity contribution is 4.96. The van der Waals surface area contributed by atoms with Crippen molar-refractivity contribution in [1.29, 1.82) is 0 Å². The molecule has 0 aliphatic heterocycles. The Balaban J connectivity index is 2.23. The molecule has 1 aliphatic carbocycles. The maximum atomic E-state index is 3.30. The van der Waals surface area contributed by atoms with Gasteiger partial charge in [-0.1, -0.05) is 13.8 Å². The van der Waals surface area contributed by atoms with E-state index >= 15 is 0 Å². The van der Waals surface area contributed by atoms with Gasteiger partial charge in [0.1, 0.15) is 0 Å². The van der Waals surface area contributed by atoms with Crippen molar-refractivity contribution in [1.82, 2.24) is 10.2 Å². The van der Waals surface area contributed by atoms with Gasteiger partial charge in [0.15, 0.2) is 0 Å². The molecule has 1 fully saturated rings. The molecule has 0 aromatic heterocycles. The summed E-state index contributed by atoms with van der Waals surface area (Å²) >= 11 is 0. The molecule has 0 amide bonds. The predicted octanol–water partition coefficient (Wildman–Crippen LogP) is 1.57. The summed E-state index contributed by atoms with van der Waals surface area (Å²) in [5.41, 5.74) is 0.623. The van der Waals surface area contributed by atoms with Crippen LogP contribution in [0.4, 0.5) is 0 Å². The van der Waals surface area contributed by atoms with E-state index < -0.39 is 0 Å². The number of rotatable bonds is 6. The molecule has 0 bridgehead atoms. The van der Waals surface area contributed by atoms with Crippen molar-refractivity contribution < 1.29 is 0 Å². The molecular weight excluding hydrogens is 160 g/mol. The Morgan fingerprint density at radius 1 is 1.38 bits per heavy atom. The van der Waals surface area contributed by atoms with E-state index in [-0.39, 0.29) is 0 Å². The highest BCUT2D eigenvalue weighted by atomic mass is 15.1. The summed E-state index contributed by atoms with van der Waals surface area (Å²) in [7, 11) is 4.30. The molecule has 1 N–H and O–H groups in total. The Morgan fingerprint density at radius 3 is 2.38 bits per heavy atom. The summed E-state index contributed by atoms with van der Waals surface area (Å²) in [6.07, 6.45) is 2.83. The van der Waals surface area contributed by atoms with Crippen molar-refractivity contribution in [2.45, 2.75) is 26.7 Å². The molecule has 13 heavy (non-hydrogen) atoms. The molecule has 0 unspecified atom stereocenters. The van der Waals surface area contributed by atoms with Gasteiger partial charge in [0, 0.05) is 19.6 Å². The van der Waals surface area contributed by atoms with E-state index in [0.717, 1.165) is 5.92 Å². The van der Waals surface area contributed by atoms with Gasteiger partial charge in [-0.3, -0.25) is 0 Å². The van der Waals surface area contributed by atoms with Crippen LogP contribution in [-0.4, -0.2) is 38.6 Å². The maximum Gasteiger partial charge on any atom is 0.00472 e. The van der Waals surface area contributed by atoms with Crippen molar-refractivity contribution in [3.63, 3.8) is 0 Å². The van der Waals surface area contributed by atoms with Crippen molar-refractivity contribution in [3.05, 3.63) is 0 Å². The zero-order valence-electron chi connectivity index (χ0n) is 9.56. The van der Waals surface area contributed by atoms with Crippen LogP contribution in [0.3, 0.4) is 0 Å². The topological polar surface area (TPSA) is 15.3 Å². The molecule has 2 heteroatoms. The highest BCUT2D eigenvalue weighted by Crippen LogP contribution is 2.45. The summed E-state index contributed by atoms with van der Waals surface area (Å²) in [5, 5.41) is 3.30. The van der Waals surface area contributed by atoms with Crippen molar-refractivity contribution in [3.8, 4) is 0 Å². The second kappa shape index (κ2) is 4.43. The summed E-state index contributed by atoms with van der Waals surface area (Å²) in [6, 6.07) is 0. The fraction of sp³-hybridized carbons (Fsp3) is 1.00. The SMILES string of the molecule is CNCC1(CN(C)CC(C)C)CC1. The Hall–Kier alpha value is -0.0800. The van der Waals surface area contributed by atoms with Gasteiger partial charge in [0.2, 0.25) is 0 Å². The molecule has 0 radical (unpaired) electrons. The lowest BCUT2D eigenvalue weighted by atomic mass is 10.1. The van der Waals surface area contributed by atoms with Crippen LogP contribution in [0.25, 0.3) is 0 Å². The molecule has 1 aliphatic rings. The minimum absolute atomic E-state index is 0.623. The summed E-state index contributed by atoms with van der Waals surface area (Å²) in [5.74, 6) is 0.787. The average Bonchev–Trinajstić information content (AvgIpc) is 2.67. The molecular formula is C11H24N2. The number of nitrogens with one attached hydrogen (secondary N) is 1. The molecule has 1 saturated carbocycles. The molecule has 0 spiro atoms. The smallest absolute Gasteiger partial charge is 0.00472 e. The lowest BCUT2D eigenvalue weighted by molar-refractivity contribution is 0.236. The van der Waals surface area contributed by atoms with E-state index in [0.29, 0.717) is 5.41 Å². The van der Waals surface area contributed by atoms with E-state index in [1.54, 1.807) is 0 Å². The van der Waals surface area contributed by atoms with E-state index in [1.165, 1.54) is 32.5 Å². The largest absolute Gasteiger partial charge is 0.319 e. The van der Waals surface area contributed by atoms with Crippen LogP contribution in [0.5, 0.6) is 0 Å². The fourth-order valence-electron chi connectivity index (χ4n) is 2.20. The van der Waals surface area contributed by atoms with Crippen LogP contribution in [0, 0.1) is 11.3 Å². The second-order valence-electron chi connectivity index (χ2n) is 5.12. The summed E-state index contributed by atoms with van der Waals surface area (Å²) in [4.78, 5) is 2.48. The fourth-order valence-corrected chi connectivity index (χ4v) is 2.20. The van der Waals surface area contributed by atoms with Crippen LogP contribution in [0.2, 0.25) is 0 Å². The van der Waals surface area contributed by atoms with Crippen molar-refractivity contribution >= 4 is 0 Å². The summed E-state index contributed by atoms with van der Waals surface area (Å²) in [6.45, 7) is 8.26. The molecule has 1 rings (SSSR count). The van der Waals surface area contributed by atoms with Gasteiger partial charge in [0.25, 0.3) is 0 Å². The van der Waals surface area contributed by atoms with Crippen LogP contribution in [-0.2, 0) is 0 Å². The Morgan fingerprint density at radius 2 is 2.00 bits per heavy atom. The third kappa shape index (κ3) is 3.65. The zero-order valence-corrected chi connectivity index (χ0v) is 9.56. The third-order valence-corrected chi connectivity index (χ3v) is 2.79. The van der Waals surface area contributed by atoms with Crippen LogP contribution in [0.1, 0.15) is 26.7 Å². The quantitative estimate of drug-likeness (QED) is 0.674. The van der Waals surface area contributed by atoms with Crippen molar-refractivity contribution in [2.24, 2.45) is 11.3 Å². The first-order valence-corrected chi connectivity index (χ1v) is 5.41. The first-order valence-electron chi connectivity index (χ1n) is 5.41. The maximum absolute atomic E-state index is 3.30. The average molecular weight is 184 g/mol. The van der Waals surface area contributed by atoms with E-state index in [4.69, 9.17) is 0 Å². The van der Waals surface area contributed by atoms with Gasteiger partial charge in [-0.15, -0.1) is 0 Å². The van der Waals surface area contributed by atoms with Crippen LogP contribution >= 0.6 is 0 Å². The molecule has 0 atom stereocenters. The zero-order chi connectivity index (χ0) is 9.90. The molecule has 2 nitrogen and oxygen atoms in total. The van der Waals surface area contributed by atoms with Gasteiger partial charge in [-0.2, -0.15) is 0 Å². The van der Waals surface area contributed by atoms with Gasteiger partial charge in [-0.25, -0.2) is 0 Å². The molecule has 0 aromatic carbocycles. The monoisotopic (exact) mass is 184 g/mol. The Labute approximate surface area is 82.7 Å². The van der Waals surface area contributed by atoms with Gasteiger partial charge < -0.3 is 10.2 Å². The number of hydrogen-bond donors (Lipinski definition) is 1. The summed E-state index contributed by atoms with van der Waals surface area (Å²) < 4.78 is 0. The first kappa shape index (κ1) is 11.0. The Bertz CT molecular complexity index is 150. The third-order valence-electron chi connectivity index (χ3n) is 2.79. The molecule has 0 saturated heterocycles. The van der Waals surface area contributed by atoms with E-state index in [9.17, 15) is 0 Å².